The lowest BCUT2D eigenvalue weighted by Gasteiger charge is -2.11. The van der Waals surface area contributed by atoms with Crippen molar-refractivity contribution in [1.29, 1.82) is 0 Å². The summed E-state index contributed by atoms with van der Waals surface area (Å²) < 4.78 is 26.8. The first-order chi connectivity index (χ1) is 18.1. The highest BCUT2D eigenvalue weighted by Gasteiger charge is 2.11. The van der Waals surface area contributed by atoms with Crippen LogP contribution >= 0.6 is 0 Å². The molecule has 5 rings (SSSR count). The van der Waals surface area contributed by atoms with Gasteiger partial charge in [0.1, 0.15) is 29.6 Å². The molecular weight excluding hydrogens is 469 g/mol. The predicted molar refractivity (Wildman–Crippen MR) is 140 cm³/mol. The average Bonchev–Trinajstić information content (AvgIpc) is 3.39. The number of ketones is 1. The van der Waals surface area contributed by atoms with Gasteiger partial charge < -0.3 is 9.47 Å². The summed E-state index contributed by atoms with van der Waals surface area (Å²) in [6.07, 6.45) is 5.05. The number of methoxy groups -OCH3 is 1. The average molecular weight is 494 g/mol. The molecule has 0 aliphatic heterocycles. The lowest BCUT2D eigenvalue weighted by Crippen LogP contribution is -2.02. The Morgan fingerprint density at radius 1 is 0.973 bits per heavy atom. The minimum atomic E-state index is -0.285. The Morgan fingerprint density at radius 3 is 2.57 bits per heavy atom. The highest BCUT2D eigenvalue weighted by molar-refractivity contribution is 6.08. The van der Waals surface area contributed by atoms with Crippen LogP contribution in [0, 0.1) is 5.82 Å². The van der Waals surface area contributed by atoms with E-state index in [0.717, 1.165) is 16.3 Å². The van der Waals surface area contributed by atoms with Gasteiger partial charge in [-0.1, -0.05) is 53.7 Å². The predicted octanol–water partition coefficient (Wildman–Crippen LogP) is 6.10. The van der Waals surface area contributed by atoms with Crippen molar-refractivity contribution in [2.75, 3.05) is 7.11 Å². The molecule has 1 heterocycles. The summed E-state index contributed by atoms with van der Waals surface area (Å²) in [5.41, 5.74) is 2.49. The molecule has 0 aliphatic rings. The van der Waals surface area contributed by atoms with Crippen LogP contribution in [0.1, 0.15) is 27.2 Å². The quantitative estimate of drug-likeness (QED) is 0.183. The second kappa shape index (κ2) is 10.9. The highest BCUT2D eigenvalue weighted by Crippen LogP contribution is 2.30. The molecule has 4 aromatic carbocycles. The van der Waals surface area contributed by atoms with Crippen molar-refractivity contribution in [2.45, 2.75) is 13.2 Å². The molecule has 6 nitrogen and oxygen atoms in total. The van der Waals surface area contributed by atoms with Gasteiger partial charge in [0, 0.05) is 16.7 Å². The molecular formula is C30H24FN3O3. The van der Waals surface area contributed by atoms with E-state index in [2.05, 4.69) is 10.3 Å². The molecule has 0 bridgehead atoms. The van der Waals surface area contributed by atoms with Gasteiger partial charge in [0.15, 0.2) is 5.78 Å². The van der Waals surface area contributed by atoms with Crippen LogP contribution in [0.2, 0.25) is 0 Å². The molecule has 0 spiro atoms. The van der Waals surface area contributed by atoms with Crippen LogP contribution in [0.3, 0.4) is 0 Å². The zero-order valence-corrected chi connectivity index (χ0v) is 20.2. The molecule has 0 N–H and O–H groups in total. The molecule has 5 aromatic rings. The minimum Gasteiger partial charge on any atom is -0.497 e. The maximum Gasteiger partial charge on any atom is 0.185 e. The molecule has 0 atom stereocenters. The van der Waals surface area contributed by atoms with Crippen LogP contribution < -0.4 is 9.47 Å². The molecule has 0 saturated heterocycles. The van der Waals surface area contributed by atoms with Crippen molar-refractivity contribution in [1.82, 2.24) is 15.0 Å². The standard InChI is InChI=1S/C30H24FN3O3/c1-36-25-13-10-22(11-14-25)29(35)16-15-27-26-8-4-2-6-21(26)12-17-30(27)37-20-24-19-34(33-32-24)18-23-7-3-5-9-28(23)31/h2-17,19H,18,20H2,1H3/b16-15+. The van der Waals surface area contributed by atoms with E-state index in [-0.39, 0.29) is 24.8 Å². The van der Waals surface area contributed by atoms with Crippen LogP contribution in [0.25, 0.3) is 16.8 Å². The van der Waals surface area contributed by atoms with Crippen LogP contribution in [0.4, 0.5) is 4.39 Å². The molecule has 0 aliphatic carbocycles. The van der Waals surface area contributed by atoms with Crippen LogP contribution in [-0.4, -0.2) is 27.9 Å². The number of benzene rings is 4. The third-order valence-corrected chi connectivity index (χ3v) is 5.96. The first-order valence-electron chi connectivity index (χ1n) is 11.7. The normalized spacial score (nSPS) is 11.2. The molecule has 7 heteroatoms. The Kier molecular flexibility index (Phi) is 7.03. The van der Waals surface area contributed by atoms with E-state index in [4.69, 9.17) is 9.47 Å². The number of ether oxygens (including phenoxy) is 2. The maximum absolute atomic E-state index is 14.0. The topological polar surface area (TPSA) is 66.2 Å². The number of carbonyl (C=O) groups is 1. The summed E-state index contributed by atoms with van der Waals surface area (Å²) in [6, 6.07) is 25.3. The minimum absolute atomic E-state index is 0.127. The second-order valence-electron chi connectivity index (χ2n) is 8.41. The van der Waals surface area contributed by atoms with Gasteiger partial charge in [0.25, 0.3) is 0 Å². The van der Waals surface area contributed by atoms with E-state index in [9.17, 15) is 9.18 Å². The Balaban J connectivity index is 1.36. The molecule has 0 saturated carbocycles. The second-order valence-corrected chi connectivity index (χ2v) is 8.41. The van der Waals surface area contributed by atoms with Gasteiger partial charge in [0.2, 0.25) is 0 Å². The van der Waals surface area contributed by atoms with E-state index in [0.29, 0.717) is 28.3 Å². The third kappa shape index (κ3) is 5.56. The van der Waals surface area contributed by atoms with Crippen LogP contribution in [-0.2, 0) is 13.2 Å². The largest absolute Gasteiger partial charge is 0.497 e. The van der Waals surface area contributed by atoms with Crippen molar-refractivity contribution in [3.05, 3.63) is 125 Å². The van der Waals surface area contributed by atoms with Crippen molar-refractivity contribution in [3.63, 3.8) is 0 Å². The number of hydrogen-bond acceptors (Lipinski definition) is 5. The lowest BCUT2D eigenvalue weighted by atomic mass is 10.0. The fourth-order valence-corrected chi connectivity index (χ4v) is 4.02. The smallest absolute Gasteiger partial charge is 0.185 e. The number of aromatic nitrogens is 3. The van der Waals surface area contributed by atoms with Crippen molar-refractivity contribution in [3.8, 4) is 11.5 Å². The van der Waals surface area contributed by atoms with Crippen molar-refractivity contribution >= 4 is 22.6 Å². The summed E-state index contributed by atoms with van der Waals surface area (Å²) in [4.78, 5) is 12.8. The summed E-state index contributed by atoms with van der Waals surface area (Å²) in [7, 11) is 1.59. The Bertz CT molecular complexity index is 1580. The molecule has 0 amide bonds. The number of allylic oxidation sites excluding steroid dienone is 1. The van der Waals surface area contributed by atoms with Crippen LogP contribution in [0.5, 0.6) is 11.5 Å². The Labute approximate surface area is 213 Å². The van der Waals surface area contributed by atoms with Crippen molar-refractivity contribution in [2.24, 2.45) is 0 Å². The lowest BCUT2D eigenvalue weighted by molar-refractivity contribution is 0.104. The zero-order valence-electron chi connectivity index (χ0n) is 20.2. The molecule has 0 fully saturated rings. The number of nitrogens with zero attached hydrogens (tertiary/aromatic N) is 3. The number of halogens is 1. The number of hydrogen-bond donors (Lipinski definition) is 0. The molecule has 0 radical (unpaired) electrons. The first-order valence-corrected chi connectivity index (χ1v) is 11.7. The summed E-state index contributed by atoms with van der Waals surface area (Å²) >= 11 is 0. The summed E-state index contributed by atoms with van der Waals surface area (Å²) in [6.45, 7) is 0.444. The molecule has 184 valence electrons. The van der Waals surface area contributed by atoms with E-state index >= 15 is 0 Å². The van der Waals surface area contributed by atoms with Gasteiger partial charge >= 0.3 is 0 Å². The van der Waals surface area contributed by atoms with E-state index in [1.54, 1.807) is 72.6 Å². The van der Waals surface area contributed by atoms with Gasteiger partial charge in [-0.15, -0.1) is 5.10 Å². The van der Waals surface area contributed by atoms with Gasteiger partial charge in [-0.25, -0.2) is 9.07 Å². The van der Waals surface area contributed by atoms with Gasteiger partial charge in [-0.2, -0.15) is 0 Å². The van der Waals surface area contributed by atoms with Crippen LogP contribution in [0.15, 0.2) is 97.2 Å². The van der Waals surface area contributed by atoms with E-state index in [1.165, 1.54) is 6.07 Å². The monoisotopic (exact) mass is 493 g/mol. The summed E-state index contributed by atoms with van der Waals surface area (Å²) in [5.74, 6) is 0.891. The number of rotatable bonds is 9. The Morgan fingerprint density at radius 2 is 1.76 bits per heavy atom. The molecule has 0 unspecified atom stereocenters. The highest BCUT2D eigenvalue weighted by atomic mass is 19.1. The Hall–Kier alpha value is -4.78. The van der Waals surface area contributed by atoms with Crippen molar-refractivity contribution < 1.29 is 18.7 Å². The first kappa shape index (κ1) is 23.9. The maximum atomic E-state index is 14.0. The van der Waals surface area contributed by atoms with E-state index in [1.807, 2.05) is 36.4 Å². The summed E-state index contributed by atoms with van der Waals surface area (Å²) in [5, 5.41) is 10.2. The van der Waals surface area contributed by atoms with Gasteiger partial charge in [-0.05, 0) is 59.3 Å². The fraction of sp³-hybridized carbons (Fsp3) is 0.100. The molecule has 1 aromatic heterocycles. The van der Waals surface area contributed by atoms with Gasteiger partial charge in [0.05, 0.1) is 19.9 Å². The SMILES string of the molecule is COc1ccc(C(=O)/C=C/c2c(OCc3cn(Cc4ccccc4F)nn3)ccc3ccccc23)cc1. The van der Waals surface area contributed by atoms with E-state index < -0.39 is 0 Å². The number of carbonyl (C=O) groups excluding carboxylic acids is 1. The van der Waals surface area contributed by atoms with Gasteiger partial charge in [-0.3, -0.25) is 4.79 Å². The zero-order chi connectivity index (χ0) is 25.6. The fourth-order valence-electron chi connectivity index (χ4n) is 4.02. The number of fused-ring (bicyclic) bond motifs is 1. The molecule has 37 heavy (non-hydrogen) atoms. The third-order valence-electron chi connectivity index (χ3n) is 5.96.